The first-order chi connectivity index (χ1) is 8.04. The van der Waals surface area contributed by atoms with Crippen molar-refractivity contribution in [3.63, 3.8) is 0 Å². The van der Waals surface area contributed by atoms with E-state index in [1.165, 1.54) is 6.20 Å². The third kappa shape index (κ3) is 4.22. The Morgan fingerprint density at radius 2 is 2.29 bits per heavy atom. The van der Waals surface area contributed by atoms with E-state index in [4.69, 9.17) is 22.7 Å². The Bertz CT molecular complexity index is 371. The standard InChI is InChI=1S/C10H16N4O2S/c1-14(5-7(15)6-16-2)9-4-12-8(3-13-9)10(11)17/h3-4,7,15H,5-6H2,1-2H3,(H2,11,17). The van der Waals surface area contributed by atoms with E-state index in [0.717, 1.165) is 0 Å². The zero-order valence-electron chi connectivity index (χ0n) is 9.83. The van der Waals surface area contributed by atoms with Crippen LogP contribution in [0.2, 0.25) is 0 Å². The van der Waals surface area contributed by atoms with Crippen LogP contribution < -0.4 is 10.6 Å². The summed E-state index contributed by atoms with van der Waals surface area (Å²) >= 11 is 4.78. The molecule has 1 atom stereocenters. The van der Waals surface area contributed by atoms with Crippen molar-refractivity contribution in [1.29, 1.82) is 0 Å². The van der Waals surface area contributed by atoms with Gasteiger partial charge in [-0.1, -0.05) is 12.2 Å². The number of likely N-dealkylation sites (N-methyl/N-ethyl adjacent to an activating group) is 1. The molecular weight excluding hydrogens is 240 g/mol. The SMILES string of the molecule is COCC(O)CN(C)c1cnc(C(N)=S)cn1. The van der Waals surface area contributed by atoms with E-state index < -0.39 is 6.10 Å². The molecule has 7 heteroatoms. The normalized spacial score (nSPS) is 12.2. The molecular formula is C10H16N4O2S. The van der Waals surface area contributed by atoms with E-state index in [1.807, 2.05) is 7.05 Å². The van der Waals surface area contributed by atoms with E-state index in [0.29, 0.717) is 18.1 Å². The van der Waals surface area contributed by atoms with E-state index in [9.17, 15) is 5.11 Å². The lowest BCUT2D eigenvalue weighted by Crippen LogP contribution is -2.32. The fourth-order valence-electron chi connectivity index (χ4n) is 1.30. The van der Waals surface area contributed by atoms with Crippen LogP contribution in [0.5, 0.6) is 0 Å². The smallest absolute Gasteiger partial charge is 0.146 e. The molecule has 0 radical (unpaired) electrons. The second-order valence-corrected chi connectivity index (χ2v) is 4.05. The molecule has 0 aromatic carbocycles. The summed E-state index contributed by atoms with van der Waals surface area (Å²) in [5.74, 6) is 0.639. The van der Waals surface area contributed by atoms with Gasteiger partial charge in [0.05, 0.1) is 25.1 Å². The molecule has 1 unspecified atom stereocenters. The van der Waals surface area contributed by atoms with Crippen molar-refractivity contribution in [3.05, 3.63) is 18.1 Å². The van der Waals surface area contributed by atoms with Crippen molar-refractivity contribution in [2.24, 2.45) is 5.73 Å². The van der Waals surface area contributed by atoms with Gasteiger partial charge in [0.15, 0.2) is 0 Å². The maximum absolute atomic E-state index is 9.57. The molecule has 0 bridgehead atoms. The van der Waals surface area contributed by atoms with Gasteiger partial charge in [0.25, 0.3) is 0 Å². The van der Waals surface area contributed by atoms with Crippen LogP contribution in [-0.2, 0) is 4.74 Å². The van der Waals surface area contributed by atoms with Gasteiger partial charge >= 0.3 is 0 Å². The number of aromatic nitrogens is 2. The van der Waals surface area contributed by atoms with Crippen LogP contribution in [0.15, 0.2) is 12.4 Å². The summed E-state index contributed by atoms with van der Waals surface area (Å²) in [6.45, 7) is 0.692. The summed E-state index contributed by atoms with van der Waals surface area (Å²) in [4.78, 5) is 10.2. The molecule has 0 fully saturated rings. The van der Waals surface area contributed by atoms with Crippen LogP contribution in [-0.4, -0.2) is 53.5 Å². The highest BCUT2D eigenvalue weighted by molar-refractivity contribution is 7.80. The molecule has 0 saturated heterocycles. The van der Waals surface area contributed by atoms with E-state index in [2.05, 4.69) is 9.97 Å². The number of aliphatic hydroxyl groups is 1. The van der Waals surface area contributed by atoms with Gasteiger partial charge < -0.3 is 20.5 Å². The monoisotopic (exact) mass is 256 g/mol. The molecule has 1 aromatic rings. The first-order valence-electron chi connectivity index (χ1n) is 5.04. The minimum absolute atomic E-state index is 0.214. The zero-order chi connectivity index (χ0) is 12.8. The molecule has 0 aliphatic heterocycles. The minimum Gasteiger partial charge on any atom is -0.389 e. The van der Waals surface area contributed by atoms with Gasteiger partial charge in [0.2, 0.25) is 0 Å². The predicted octanol–water partition coefficient (Wildman–Crippen LogP) is -0.446. The molecule has 0 amide bonds. The van der Waals surface area contributed by atoms with Crippen LogP contribution in [0.1, 0.15) is 5.69 Å². The lowest BCUT2D eigenvalue weighted by Gasteiger charge is -2.20. The summed E-state index contributed by atoms with van der Waals surface area (Å²) < 4.78 is 4.84. The highest BCUT2D eigenvalue weighted by Crippen LogP contribution is 2.07. The van der Waals surface area contributed by atoms with Crippen molar-refractivity contribution >= 4 is 23.0 Å². The summed E-state index contributed by atoms with van der Waals surface area (Å²) in [6.07, 6.45) is 2.51. The quantitative estimate of drug-likeness (QED) is 0.667. The van der Waals surface area contributed by atoms with Crippen molar-refractivity contribution < 1.29 is 9.84 Å². The average molecular weight is 256 g/mol. The lowest BCUT2D eigenvalue weighted by atomic mass is 10.3. The summed E-state index contributed by atoms with van der Waals surface area (Å²) in [5.41, 5.74) is 5.90. The fraction of sp³-hybridized carbons (Fsp3) is 0.500. The number of nitrogens with two attached hydrogens (primary N) is 1. The van der Waals surface area contributed by atoms with Crippen LogP contribution in [0.3, 0.4) is 0 Å². The zero-order valence-corrected chi connectivity index (χ0v) is 10.6. The minimum atomic E-state index is -0.568. The Kier molecular flexibility index (Phi) is 5.20. The van der Waals surface area contributed by atoms with E-state index >= 15 is 0 Å². The Morgan fingerprint density at radius 3 is 2.76 bits per heavy atom. The van der Waals surface area contributed by atoms with Crippen LogP contribution in [0.25, 0.3) is 0 Å². The number of hydrogen-bond donors (Lipinski definition) is 2. The molecule has 0 aliphatic rings. The molecule has 17 heavy (non-hydrogen) atoms. The molecule has 0 aliphatic carbocycles. The Balaban J connectivity index is 2.63. The van der Waals surface area contributed by atoms with Gasteiger partial charge in [-0.15, -0.1) is 0 Å². The van der Waals surface area contributed by atoms with Crippen LogP contribution in [0.4, 0.5) is 5.82 Å². The Morgan fingerprint density at radius 1 is 1.59 bits per heavy atom. The first kappa shape index (κ1) is 13.8. The van der Waals surface area contributed by atoms with Crippen molar-refractivity contribution in [1.82, 2.24) is 9.97 Å². The second kappa shape index (κ2) is 6.43. The van der Waals surface area contributed by atoms with Crippen molar-refractivity contribution in [3.8, 4) is 0 Å². The van der Waals surface area contributed by atoms with E-state index in [1.54, 1.807) is 18.2 Å². The largest absolute Gasteiger partial charge is 0.389 e. The molecule has 94 valence electrons. The second-order valence-electron chi connectivity index (χ2n) is 3.61. The van der Waals surface area contributed by atoms with E-state index in [-0.39, 0.29) is 11.6 Å². The highest BCUT2D eigenvalue weighted by atomic mass is 32.1. The lowest BCUT2D eigenvalue weighted by molar-refractivity contribution is 0.0694. The number of ether oxygens (including phenoxy) is 1. The molecule has 6 nitrogen and oxygen atoms in total. The highest BCUT2D eigenvalue weighted by Gasteiger charge is 2.10. The predicted molar refractivity (Wildman–Crippen MR) is 69.1 cm³/mol. The van der Waals surface area contributed by atoms with Gasteiger partial charge in [-0.25, -0.2) is 9.97 Å². The van der Waals surface area contributed by atoms with Crippen molar-refractivity contribution in [2.75, 3.05) is 32.2 Å². The van der Waals surface area contributed by atoms with Gasteiger partial charge in [0, 0.05) is 20.7 Å². The summed E-state index contributed by atoms with van der Waals surface area (Å²) in [5, 5.41) is 9.57. The third-order valence-electron chi connectivity index (χ3n) is 2.13. The molecule has 1 rings (SSSR count). The summed E-state index contributed by atoms with van der Waals surface area (Å²) in [6, 6.07) is 0. The molecule has 0 spiro atoms. The number of thiocarbonyl (C=S) groups is 1. The number of nitrogens with zero attached hydrogens (tertiary/aromatic N) is 3. The number of methoxy groups -OCH3 is 1. The maximum Gasteiger partial charge on any atom is 0.146 e. The topological polar surface area (TPSA) is 84.5 Å². The van der Waals surface area contributed by atoms with Gasteiger partial charge in [-0.05, 0) is 0 Å². The number of anilines is 1. The van der Waals surface area contributed by atoms with Crippen LogP contribution in [0, 0.1) is 0 Å². The first-order valence-corrected chi connectivity index (χ1v) is 5.45. The van der Waals surface area contributed by atoms with Crippen LogP contribution >= 0.6 is 12.2 Å². The Hall–Kier alpha value is -1.31. The fourth-order valence-corrected chi connectivity index (χ4v) is 1.41. The summed E-state index contributed by atoms with van der Waals surface area (Å²) in [7, 11) is 3.35. The van der Waals surface area contributed by atoms with Gasteiger partial charge in [-0.2, -0.15) is 0 Å². The maximum atomic E-state index is 9.57. The average Bonchev–Trinajstić information content (AvgIpc) is 2.29. The molecule has 1 aromatic heterocycles. The van der Waals surface area contributed by atoms with Gasteiger partial charge in [-0.3, -0.25) is 0 Å². The number of rotatable bonds is 6. The van der Waals surface area contributed by atoms with Gasteiger partial charge in [0.1, 0.15) is 16.5 Å². The molecule has 0 saturated carbocycles. The molecule has 3 N–H and O–H groups in total. The Labute approximate surface area is 105 Å². The molecule has 1 heterocycles. The number of hydrogen-bond acceptors (Lipinski definition) is 6. The van der Waals surface area contributed by atoms with Crippen molar-refractivity contribution in [2.45, 2.75) is 6.10 Å². The third-order valence-corrected chi connectivity index (χ3v) is 2.33. The number of aliphatic hydroxyl groups excluding tert-OH is 1.